The molecule has 2 N–H and O–H groups in total. The van der Waals surface area contributed by atoms with Crippen LogP contribution in [-0.4, -0.2) is 10.7 Å². The number of aromatic nitrogens is 1. The molecule has 0 amide bonds. The van der Waals surface area contributed by atoms with Crippen LogP contribution in [0.1, 0.15) is 19.5 Å². The van der Waals surface area contributed by atoms with Gasteiger partial charge in [0.1, 0.15) is 5.75 Å². The minimum atomic E-state index is -0.0942. The molecule has 2 rings (SSSR count). The Morgan fingerprint density at radius 2 is 2.05 bits per heavy atom. The van der Waals surface area contributed by atoms with Gasteiger partial charge in [-0.25, -0.2) is 0 Å². The van der Waals surface area contributed by atoms with Crippen molar-refractivity contribution >= 4 is 22.4 Å². The highest BCUT2D eigenvalue weighted by atomic mass is 35.5. The van der Waals surface area contributed by atoms with Crippen molar-refractivity contribution < 1.29 is 4.74 Å². The second kappa shape index (κ2) is 5.23. The van der Waals surface area contributed by atoms with E-state index < -0.39 is 0 Å². The molecule has 0 aliphatic carbocycles. The fraction of sp³-hybridized carbons (Fsp3) is 0.357. The molecule has 1 aromatic carbocycles. The van der Waals surface area contributed by atoms with Crippen molar-refractivity contribution in [3.05, 3.63) is 39.3 Å². The molecule has 0 fully saturated rings. The average molecular weight is 281 g/mol. The van der Waals surface area contributed by atoms with E-state index in [2.05, 4.69) is 0 Å². The van der Waals surface area contributed by atoms with Crippen molar-refractivity contribution in [2.45, 2.75) is 26.5 Å². The summed E-state index contributed by atoms with van der Waals surface area (Å²) in [5, 5.41) is 1.86. The second-order valence-electron chi connectivity index (χ2n) is 4.70. The minimum Gasteiger partial charge on any atom is -0.488 e. The van der Waals surface area contributed by atoms with Crippen LogP contribution in [0.3, 0.4) is 0 Å². The molecular weight excluding hydrogens is 264 g/mol. The summed E-state index contributed by atoms with van der Waals surface area (Å²) in [5.74, 6) is 0.636. The summed E-state index contributed by atoms with van der Waals surface area (Å²) in [5.41, 5.74) is 6.33. The van der Waals surface area contributed by atoms with Crippen molar-refractivity contribution in [2.24, 2.45) is 12.8 Å². The topological polar surface area (TPSA) is 57.2 Å². The summed E-state index contributed by atoms with van der Waals surface area (Å²) < 4.78 is 7.38. The number of nitrogens with two attached hydrogens (primary N) is 1. The SMILES string of the molecule is CC(C)Oc1c(CN)n(C)c(=O)c2ccc(Cl)cc12. The van der Waals surface area contributed by atoms with Gasteiger partial charge in [-0.2, -0.15) is 0 Å². The molecule has 19 heavy (non-hydrogen) atoms. The second-order valence-corrected chi connectivity index (χ2v) is 5.14. The van der Waals surface area contributed by atoms with Gasteiger partial charge in [0.15, 0.2) is 0 Å². The lowest BCUT2D eigenvalue weighted by atomic mass is 10.1. The molecule has 0 saturated heterocycles. The van der Waals surface area contributed by atoms with Crippen LogP contribution in [0.5, 0.6) is 5.75 Å². The van der Waals surface area contributed by atoms with Crippen LogP contribution >= 0.6 is 11.6 Å². The Labute approximate surface area is 116 Å². The van der Waals surface area contributed by atoms with Gasteiger partial charge in [-0.05, 0) is 32.0 Å². The molecule has 0 aliphatic rings. The molecule has 4 nitrogen and oxygen atoms in total. The summed E-state index contributed by atoms with van der Waals surface area (Å²) in [6.07, 6.45) is -0.00927. The van der Waals surface area contributed by atoms with E-state index in [4.69, 9.17) is 22.1 Å². The Balaban J connectivity index is 2.90. The van der Waals surface area contributed by atoms with Crippen molar-refractivity contribution in [1.82, 2.24) is 4.57 Å². The quantitative estimate of drug-likeness (QED) is 0.939. The van der Waals surface area contributed by atoms with Crippen molar-refractivity contribution in [3.63, 3.8) is 0 Å². The molecule has 0 radical (unpaired) electrons. The van der Waals surface area contributed by atoms with Gasteiger partial charge >= 0.3 is 0 Å². The van der Waals surface area contributed by atoms with Gasteiger partial charge in [0.25, 0.3) is 5.56 Å². The molecule has 0 atom stereocenters. The van der Waals surface area contributed by atoms with Gasteiger partial charge in [0.2, 0.25) is 0 Å². The molecule has 1 heterocycles. The standard InChI is InChI=1S/C14H17ClN2O2/c1-8(2)19-13-11-6-9(15)4-5-10(11)14(18)17(3)12(13)7-16/h4-6,8H,7,16H2,1-3H3. The summed E-state index contributed by atoms with van der Waals surface area (Å²) >= 11 is 6.02. The number of halogens is 1. The van der Waals surface area contributed by atoms with E-state index in [9.17, 15) is 4.79 Å². The molecular formula is C14H17ClN2O2. The van der Waals surface area contributed by atoms with Gasteiger partial charge in [-0.3, -0.25) is 4.79 Å². The third kappa shape index (κ3) is 2.46. The number of ether oxygens (including phenoxy) is 1. The highest BCUT2D eigenvalue weighted by Gasteiger charge is 2.16. The number of hydrogen-bond donors (Lipinski definition) is 1. The van der Waals surface area contributed by atoms with E-state index in [1.807, 2.05) is 13.8 Å². The third-order valence-electron chi connectivity index (χ3n) is 2.98. The Morgan fingerprint density at radius 3 is 2.63 bits per heavy atom. The number of hydrogen-bond acceptors (Lipinski definition) is 3. The highest BCUT2D eigenvalue weighted by molar-refractivity contribution is 6.31. The predicted molar refractivity (Wildman–Crippen MR) is 77.9 cm³/mol. The molecule has 0 saturated carbocycles. The maximum absolute atomic E-state index is 12.3. The number of nitrogens with zero attached hydrogens (tertiary/aromatic N) is 1. The number of rotatable bonds is 3. The fourth-order valence-electron chi connectivity index (χ4n) is 2.10. The molecule has 102 valence electrons. The predicted octanol–water partition coefficient (Wildman–Crippen LogP) is 2.44. The Bertz CT molecular complexity index is 677. The summed E-state index contributed by atoms with van der Waals surface area (Å²) in [4.78, 5) is 12.3. The van der Waals surface area contributed by atoms with E-state index in [1.54, 1.807) is 25.2 Å². The molecule has 0 unspecified atom stereocenters. The van der Waals surface area contributed by atoms with Crippen LogP contribution in [0.15, 0.2) is 23.0 Å². The average Bonchev–Trinajstić information content (AvgIpc) is 2.35. The number of pyridine rings is 1. The maximum Gasteiger partial charge on any atom is 0.258 e. The molecule has 5 heteroatoms. The van der Waals surface area contributed by atoms with Gasteiger partial charge in [-0.1, -0.05) is 11.6 Å². The molecule has 0 spiro atoms. The van der Waals surface area contributed by atoms with Crippen molar-refractivity contribution in [1.29, 1.82) is 0 Å². The van der Waals surface area contributed by atoms with Gasteiger partial charge in [0.05, 0.1) is 17.2 Å². The zero-order valence-electron chi connectivity index (χ0n) is 11.2. The largest absolute Gasteiger partial charge is 0.488 e. The lowest BCUT2D eigenvalue weighted by Crippen LogP contribution is -2.24. The normalized spacial score (nSPS) is 11.3. The highest BCUT2D eigenvalue weighted by Crippen LogP contribution is 2.30. The first-order valence-electron chi connectivity index (χ1n) is 6.13. The van der Waals surface area contributed by atoms with Crippen LogP contribution < -0.4 is 16.0 Å². The zero-order valence-corrected chi connectivity index (χ0v) is 12.0. The molecule has 0 aliphatic heterocycles. The van der Waals surface area contributed by atoms with Crippen molar-refractivity contribution in [3.8, 4) is 5.75 Å². The Hall–Kier alpha value is -1.52. The molecule has 2 aromatic rings. The van der Waals surface area contributed by atoms with Crippen LogP contribution in [0.2, 0.25) is 5.02 Å². The minimum absolute atomic E-state index is 0.00927. The Kier molecular flexibility index (Phi) is 3.83. The molecule has 0 bridgehead atoms. The Morgan fingerprint density at radius 1 is 1.37 bits per heavy atom. The van der Waals surface area contributed by atoms with Gasteiger partial charge in [-0.15, -0.1) is 0 Å². The summed E-state index contributed by atoms with van der Waals surface area (Å²) in [7, 11) is 1.70. The first-order valence-corrected chi connectivity index (χ1v) is 6.51. The van der Waals surface area contributed by atoms with E-state index in [-0.39, 0.29) is 18.2 Å². The van der Waals surface area contributed by atoms with Crippen molar-refractivity contribution in [2.75, 3.05) is 0 Å². The van der Waals surface area contributed by atoms with Crippen LogP contribution in [0.25, 0.3) is 10.8 Å². The summed E-state index contributed by atoms with van der Waals surface area (Å²) in [6.45, 7) is 4.10. The molecule has 1 aromatic heterocycles. The number of fused-ring (bicyclic) bond motifs is 1. The van der Waals surface area contributed by atoms with E-state index in [0.29, 0.717) is 27.2 Å². The monoisotopic (exact) mass is 280 g/mol. The van der Waals surface area contributed by atoms with E-state index in [1.165, 1.54) is 4.57 Å². The van der Waals surface area contributed by atoms with Crippen LogP contribution in [0, 0.1) is 0 Å². The lowest BCUT2D eigenvalue weighted by Gasteiger charge is -2.18. The summed E-state index contributed by atoms with van der Waals surface area (Å²) in [6, 6.07) is 5.16. The zero-order chi connectivity index (χ0) is 14.2. The van der Waals surface area contributed by atoms with E-state index >= 15 is 0 Å². The van der Waals surface area contributed by atoms with Crippen LogP contribution in [-0.2, 0) is 13.6 Å². The number of benzene rings is 1. The smallest absolute Gasteiger partial charge is 0.258 e. The maximum atomic E-state index is 12.3. The third-order valence-corrected chi connectivity index (χ3v) is 3.21. The van der Waals surface area contributed by atoms with Gasteiger partial charge < -0.3 is 15.0 Å². The lowest BCUT2D eigenvalue weighted by molar-refractivity contribution is 0.240. The first-order chi connectivity index (χ1) is 8.95. The first kappa shape index (κ1) is 13.9. The van der Waals surface area contributed by atoms with Gasteiger partial charge in [0, 0.05) is 24.0 Å². The van der Waals surface area contributed by atoms with Crippen LogP contribution in [0.4, 0.5) is 0 Å². The fourth-order valence-corrected chi connectivity index (χ4v) is 2.27. The van der Waals surface area contributed by atoms with E-state index in [0.717, 1.165) is 0 Å².